The topological polar surface area (TPSA) is 63.7 Å². The summed E-state index contributed by atoms with van der Waals surface area (Å²) in [6.07, 6.45) is 6.94. The van der Waals surface area contributed by atoms with Crippen molar-refractivity contribution in [2.75, 3.05) is 6.61 Å². The van der Waals surface area contributed by atoms with E-state index in [0.29, 0.717) is 6.61 Å². The number of benzene rings is 1. The second-order valence-electron chi connectivity index (χ2n) is 6.60. The van der Waals surface area contributed by atoms with E-state index in [2.05, 4.69) is 0 Å². The maximum atomic E-state index is 13.1. The summed E-state index contributed by atoms with van der Waals surface area (Å²) in [7, 11) is -3.71. The molecule has 26 heavy (non-hydrogen) atoms. The number of carbonyl (C=O) groups is 1. The number of esters is 1. The molecule has 0 radical (unpaired) electrons. The highest BCUT2D eigenvalue weighted by atomic mass is 32.2. The van der Waals surface area contributed by atoms with Gasteiger partial charge >= 0.3 is 5.97 Å². The summed E-state index contributed by atoms with van der Waals surface area (Å²) >= 11 is 0. The van der Waals surface area contributed by atoms with E-state index >= 15 is 0 Å². The lowest BCUT2D eigenvalue weighted by Crippen LogP contribution is -2.46. The van der Waals surface area contributed by atoms with Gasteiger partial charge in [-0.2, -0.15) is 0 Å². The van der Waals surface area contributed by atoms with Crippen molar-refractivity contribution in [3.8, 4) is 0 Å². The van der Waals surface area contributed by atoms with Crippen LogP contribution in [0, 0.1) is 11.8 Å². The van der Waals surface area contributed by atoms with E-state index in [1.807, 2.05) is 26.0 Å². The molecule has 0 saturated heterocycles. The first kappa shape index (κ1) is 18.5. The van der Waals surface area contributed by atoms with Gasteiger partial charge in [-0.3, -0.25) is 9.10 Å². The van der Waals surface area contributed by atoms with Crippen molar-refractivity contribution in [1.82, 2.24) is 4.31 Å². The fraction of sp³-hybridized carbons (Fsp3) is 0.350. The summed E-state index contributed by atoms with van der Waals surface area (Å²) in [6, 6.07) is 7.90. The monoisotopic (exact) mass is 373 g/mol. The maximum absolute atomic E-state index is 13.1. The maximum Gasteiger partial charge on any atom is 0.313 e. The SMILES string of the molecule is CCOC(=O)[C@@H]1C=CN(S(=O)(=O)c2ccccc2)[C@@H]2C=CC(=C(C)C)[C@@H]21. The van der Waals surface area contributed by atoms with Crippen molar-refractivity contribution in [2.45, 2.75) is 31.7 Å². The van der Waals surface area contributed by atoms with E-state index in [-0.39, 0.29) is 16.8 Å². The summed E-state index contributed by atoms with van der Waals surface area (Å²) in [5.74, 6) is -1.09. The number of hydrogen-bond acceptors (Lipinski definition) is 4. The van der Waals surface area contributed by atoms with Crippen LogP contribution in [0.5, 0.6) is 0 Å². The number of allylic oxidation sites excluding steroid dienone is 2. The molecule has 1 aromatic carbocycles. The zero-order valence-corrected chi connectivity index (χ0v) is 15.9. The zero-order valence-electron chi connectivity index (χ0n) is 15.1. The average Bonchev–Trinajstić information content (AvgIpc) is 3.07. The fourth-order valence-electron chi connectivity index (χ4n) is 3.58. The van der Waals surface area contributed by atoms with Gasteiger partial charge < -0.3 is 4.74 Å². The molecule has 3 atom stereocenters. The molecule has 5 nitrogen and oxygen atoms in total. The van der Waals surface area contributed by atoms with Gasteiger partial charge in [0.25, 0.3) is 10.0 Å². The Morgan fingerprint density at radius 1 is 1.15 bits per heavy atom. The van der Waals surface area contributed by atoms with Crippen LogP contribution in [-0.2, 0) is 19.6 Å². The number of ether oxygens (including phenoxy) is 1. The first-order valence-corrected chi connectivity index (χ1v) is 10.1. The van der Waals surface area contributed by atoms with Crippen LogP contribution in [0.15, 0.2) is 70.8 Å². The number of carbonyl (C=O) groups excluding carboxylic acids is 1. The third kappa shape index (κ3) is 3.09. The van der Waals surface area contributed by atoms with Gasteiger partial charge in [0.05, 0.1) is 23.5 Å². The van der Waals surface area contributed by atoms with Crippen LogP contribution in [0.1, 0.15) is 20.8 Å². The molecule has 0 fully saturated rings. The van der Waals surface area contributed by atoms with Crippen molar-refractivity contribution in [2.24, 2.45) is 11.8 Å². The summed E-state index contributed by atoms with van der Waals surface area (Å²) in [5, 5.41) is 0. The Bertz CT molecular complexity index is 880. The molecule has 6 heteroatoms. The van der Waals surface area contributed by atoms with Crippen molar-refractivity contribution >= 4 is 16.0 Å². The minimum Gasteiger partial charge on any atom is -0.466 e. The van der Waals surface area contributed by atoms with Crippen molar-refractivity contribution in [1.29, 1.82) is 0 Å². The van der Waals surface area contributed by atoms with Gasteiger partial charge in [0, 0.05) is 12.1 Å². The normalized spacial score (nSPS) is 24.5. The number of nitrogens with zero attached hydrogens (tertiary/aromatic N) is 1. The molecule has 0 unspecified atom stereocenters. The zero-order chi connectivity index (χ0) is 18.9. The summed E-state index contributed by atoms with van der Waals surface area (Å²) in [4.78, 5) is 12.7. The van der Waals surface area contributed by atoms with Crippen LogP contribution < -0.4 is 0 Å². The molecule has 0 bridgehead atoms. The van der Waals surface area contributed by atoms with Gasteiger partial charge in [-0.05, 0) is 38.5 Å². The van der Waals surface area contributed by atoms with Gasteiger partial charge in [-0.15, -0.1) is 0 Å². The molecule has 1 aromatic rings. The highest BCUT2D eigenvalue weighted by molar-refractivity contribution is 7.89. The van der Waals surface area contributed by atoms with Crippen molar-refractivity contribution in [3.05, 3.63) is 65.9 Å². The molecule has 0 N–H and O–H groups in total. The molecular weight excluding hydrogens is 350 g/mol. The van der Waals surface area contributed by atoms with E-state index in [1.165, 1.54) is 10.5 Å². The molecule has 0 amide bonds. The third-order valence-corrected chi connectivity index (χ3v) is 6.56. The number of fused-ring (bicyclic) bond motifs is 1. The van der Waals surface area contributed by atoms with Crippen molar-refractivity contribution < 1.29 is 17.9 Å². The molecule has 0 spiro atoms. The second kappa shape index (κ2) is 7.11. The van der Waals surface area contributed by atoms with E-state index < -0.39 is 22.0 Å². The van der Waals surface area contributed by atoms with Gasteiger partial charge in [0.1, 0.15) is 0 Å². The molecule has 0 aromatic heterocycles. The van der Waals surface area contributed by atoms with Crippen LogP contribution in [0.3, 0.4) is 0 Å². The lowest BCUT2D eigenvalue weighted by molar-refractivity contribution is -0.148. The minimum atomic E-state index is -3.71. The Balaban J connectivity index is 2.06. The van der Waals surface area contributed by atoms with Crippen LogP contribution in [0.25, 0.3) is 0 Å². The van der Waals surface area contributed by atoms with Crippen LogP contribution in [0.4, 0.5) is 0 Å². The smallest absolute Gasteiger partial charge is 0.313 e. The quantitative estimate of drug-likeness (QED) is 0.760. The molecule has 3 rings (SSSR count). The highest BCUT2D eigenvalue weighted by Gasteiger charge is 2.46. The first-order chi connectivity index (χ1) is 12.4. The Morgan fingerprint density at radius 3 is 2.46 bits per heavy atom. The lowest BCUT2D eigenvalue weighted by atomic mass is 9.81. The summed E-state index contributed by atoms with van der Waals surface area (Å²) < 4.78 is 32.8. The van der Waals surface area contributed by atoms with Gasteiger partial charge in [-0.1, -0.05) is 42.0 Å². The molecular formula is C20H23NO4S. The van der Waals surface area contributed by atoms with Crippen LogP contribution in [-0.4, -0.2) is 31.3 Å². The Hall–Kier alpha value is -2.34. The number of sulfonamides is 1. The highest BCUT2D eigenvalue weighted by Crippen LogP contribution is 2.42. The molecule has 1 aliphatic carbocycles. The summed E-state index contributed by atoms with van der Waals surface area (Å²) in [6.45, 7) is 6.00. The standard InChI is InChI=1S/C20H23NO4S/c1-4-25-20(22)17-12-13-21(18-11-10-16(14(2)3)19(17)18)26(23,24)15-8-6-5-7-9-15/h5-13,17-19H,4H2,1-3H3/t17-,18-,19-/m1/s1. The number of rotatable bonds is 4. The molecule has 1 aliphatic heterocycles. The molecule has 2 aliphatic rings. The Kier molecular flexibility index (Phi) is 5.05. The van der Waals surface area contributed by atoms with Gasteiger partial charge in [-0.25, -0.2) is 8.42 Å². The predicted octanol–water partition coefficient (Wildman–Crippen LogP) is 3.27. The summed E-state index contributed by atoms with van der Waals surface area (Å²) in [5.41, 5.74) is 2.06. The van der Waals surface area contributed by atoms with E-state index in [4.69, 9.17) is 4.74 Å². The number of hydrogen-bond donors (Lipinski definition) is 0. The van der Waals surface area contributed by atoms with Gasteiger partial charge in [0.15, 0.2) is 0 Å². The largest absolute Gasteiger partial charge is 0.466 e. The minimum absolute atomic E-state index is 0.233. The van der Waals surface area contributed by atoms with E-state index in [9.17, 15) is 13.2 Å². The van der Waals surface area contributed by atoms with Crippen molar-refractivity contribution in [3.63, 3.8) is 0 Å². The molecule has 1 heterocycles. The second-order valence-corrected chi connectivity index (χ2v) is 8.44. The van der Waals surface area contributed by atoms with E-state index in [0.717, 1.165) is 11.1 Å². The average molecular weight is 373 g/mol. The fourth-order valence-corrected chi connectivity index (χ4v) is 5.08. The Labute approximate surface area is 154 Å². The van der Waals surface area contributed by atoms with Crippen LogP contribution in [0.2, 0.25) is 0 Å². The lowest BCUT2D eigenvalue weighted by Gasteiger charge is -2.37. The Morgan fingerprint density at radius 2 is 1.85 bits per heavy atom. The van der Waals surface area contributed by atoms with Gasteiger partial charge in [0.2, 0.25) is 0 Å². The molecule has 138 valence electrons. The van der Waals surface area contributed by atoms with E-state index in [1.54, 1.807) is 43.3 Å². The molecule has 0 saturated carbocycles. The van der Waals surface area contributed by atoms with Crippen LogP contribution >= 0.6 is 0 Å². The third-order valence-electron chi connectivity index (χ3n) is 4.78. The predicted molar refractivity (Wildman–Crippen MR) is 99.5 cm³/mol. The first-order valence-electron chi connectivity index (χ1n) is 8.67.